The van der Waals surface area contributed by atoms with Gasteiger partial charge in [0.05, 0.1) is 11.9 Å². The predicted octanol–water partition coefficient (Wildman–Crippen LogP) is 1.36. The van der Waals surface area contributed by atoms with Crippen LogP contribution in [0.1, 0.15) is 19.0 Å². The monoisotopic (exact) mass is 277 g/mol. The van der Waals surface area contributed by atoms with Crippen LogP contribution in [0, 0.1) is 12.8 Å². The molecule has 1 aromatic heterocycles. The third kappa shape index (κ3) is 2.09. The number of nitrogens with zero attached hydrogens (tertiary/aromatic N) is 2. The first-order chi connectivity index (χ1) is 7.98. The Kier molecular flexibility index (Phi) is 3.47. The average Bonchev–Trinajstić information content (AvgIpc) is 2.84. The molecule has 17 heavy (non-hydrogen) atoms. The topological polar surface area (TPSA) is 66.1 Å². The summed E-state index contributed by atoms with van der Waals surface area (Å²) in [6.45, 7) is 4.27. The van der Waals surface area contributed by atoms with Crippen LogP contribution >= 0.6 is 11.6 Å². The minimum atomic E-state index is -3.47. The number of halogens is 1. The Bertz CT molecular complexity index is 499. The third-order valence-corrected chi connectivity index (χ3v) is 5.71. The quantitative estimate of drug-likeness (QED) is 0.849. The minimum Gasteiger partial charge on any atom is -0.281 e. The molecule has 5 nitrogen and oxygen atoms in total. The lowest BCUT2D eigenvalue weighted by molar-refractivity contribution is 0.375. The van der Waals surface area contributed by atoms with Gasteiger partial charge in [-0.05, 0) is 19.3 Å². The van der Waals surface area contributed by atoms with E-state index in [4.69, 9.17) is 11.6 Å². The van der Waals surface area contributed by atoms with Crippen LogP contribution in [0.15, 0.2) is 11.1 Å². The van der Waals surface area contributed by atoms with Crippen molar-refractivity contribution in [1.82, 2.24) is 14.5 Å². The number of aromatic nitrogens is 2. The maximum Gasteiger partial charge on any atom is 0.246 e. The Morgan fingerprint density at radius 2 is 2.35 bits per heavy atom. The molecular formula is C10H16ClN3O2S. The van der Waals surface area contributed by atoms with Gasteiger partial charge in [0.15, 0.2) is 0 Å². The van der Waals surface area contributed by atoms with E-state index in [2.05, 4.69) is 10.2 Å². The van der Waals surface area contributed by atoms with Gasteiger partial charge in [-0.3, -0.25) is 5.10 Å². The van der Waals surface area contributed by atoms with Gasteiger partial charge in [0.2, 0.25) is 10.0 Å². The molecule has 1 aliphatic rings. The van der Waals surface area contributed by atoms with E-state index < -0.39 is 10.0 Å². The Morgan fingerprint density at radius 3 is 2.88 bits per heavy atom. The van der Waals surface area contributed by atoms with Crippen LogP contribution in [0.5, 0.6) is 0 Å². The molecule has 0 saturated carbocycles. The zero-order valence-corrected chi connectivity index (χ0v) is 11.4. The molecule has 1 fully saturated rings. The van der Waals surface area contributed by atoms with Crippen molar-refractivity contribution in [2.75, 3.05) is 12.4 Å². The number of hydrogen-bond acceptors (Lipinski definition) is 3. The first-order valence-electron chi connectivity index (χ1n) is 5.56. The molecule has 2 heterocycles. The van der Waals surface area contributed by atoms with Gasteiger partial charge in [-0.25, -0.2) is 8.42 Å². The molecule has 0 radical (unpaired) electrons. The first kappa shape index (κ1) is 12.9. The molecule has 0 aliphatic carbocycles. The van der Waals surface area contributed by atoms with Crippen LogP contribution < -0.4 is 0 Å². The fraction of sp³-hybridized carbons (Fsp3) is 0.700. The highest BCUT2D eigenvalue weighted by Crippen LogP contribution is 2.31. The molecule has 0 aromatic carbocycles. The Balaban J connectivity index is 2.37. The van der Waals surface area contributed by atoms with Gasteiger partial charge in [-0.1, -0.05) is 6.92 Å². The van der Waals surface area contributed by atoms with Gasteiger partial charge < -0.3 is 0 Å². The summed E-state index contributed by atoms with van der Waals surface area (Å²) in [5.74, 6) is 0.631. The SMILES string of the molecule is Cc1[nH]ncc1S(=O)(=O)N1CCC(C)C1CCl. The van der Waals surface area contributed by atoms with Gasteiger partial charge in [-0.2, -0.15) is 9.40 Å². The molecule has 0 spiro atoms. The molecule has 2 unspecified atom stereocenters. The number of nitrogens with one attached hydrogen (secondary N) is 1. The van der Waals surface area contributed by atoms with Crippen molar-refractivity contribution in [3.63, 3.8) is 0 Å². The summed E-state index contributed by atoms with van der Waals surface area (Å²) < 4.78 is 26.4. The molecule has 7 heteroatoms. The molecule has 1 N–H and O–H groups in total. The lowest BCUT2D eigenvalue weighted by Crippen LogP contribution is -2.38. The van der Waals surface area contributed by atoms with Gasteiger partial charge in [0.25, 0.3) is 0 Å². The fourth-order valence-corrected chi connectivity index (χ4v) is 4.63. The smallest absolute Gasteiger partial charge is 0.246 e. The van der Waals surface area contributed by atoms with Crippen molar-refractivity contribution in [3.8, 4) is 0 Å². The second kappa shape index (κ2) is 4.59. The van der Waals surface area contributed by atoms with E-state index in [-0.39, 0.29) is 10.9 Å². The van der Waals surface area contributed by atoms with Crippen LogP contribution in [-0.4, -0.2) is 41.4 Å². The maximum absolute atomic E-state index is 12.4. The number of aromatic amines is 1. The molecule has 1 saturated heterocycles. The summed E-state index contributed by atoms with van der Waals surface area (Å²) in [5.41, 5.74) is 0.567. The normalized spacial score (nSPS) is 26.5. The summed E-state index contributed by atoms with van der Waals surface area (Å²) in [6.07, 6.45) is 2.21. The molecule has 1 aliphatic heterocycles. The molecule has 2 atom stereocenters. The van der Waals surface area contributed by atoms with Gasteiger partial charge >= 0.3 is 0 Å². The molecule has 96 valence electrons. The molecule has 0 bridgehead atoms. The van der Waals surface area contributed by atoms with Crippen molar-refractivity contribution < 1.29 is 8.42 Å². The van der Waals surface area contributed by atoms with E-state index in [1.165, 1.54) is 10.5 Å². The summed E-state index contributed by atoms with van der Waals surface area (Å²) in [4.78, 5) is 0.252. The minimum absolute atomic E-state index is 0.115. The van der Waals surface area contributed by atoms with Gasteiger partial charge in [0, 0.05) is 18.5 Å². The molecular weight excluding hydrogens is 262 g/mol. The van der Waals surface area contributed by atoms with Crippen LogP contribution in [0.25, 0.3) is 0 Å². The third-order valence-electron chi connectivity index (χ3n) is 3.36. The van der Waals surface area contributed by atoms with Gasteiger partial charge in [0.1, 0.15) is 4.90 Å². The summed E-state index contributed by atoms with van der Waals surface area (Å²) in [5, 5.41) is 6.42. The zero-order valence-electron chi connectivity index (χ0n) is 9.85. The van der Waals surface area contributed by atoms with E-state index in [0.717, 1.165) is 6.42 Å². The van der Waals surface area contributed by atoms with Crippen LogP contribution in [-0.2, 0) is 10.0 Å². The Hall–Kier alpha value is -0.590. The first-order valence-corrected chi connectivity index (χ1v) is 7.53. The Morgan fingerprint density at radius 1 is 1.65 bits per heavy atom. The summed E-state index contributed by atoms with van der Waals surface area (Å²) in [7, 11) is -3.47. The highest BCUT2D eigenvalue weighted by atomic mass is 35.5. The number of sulfonamides is 1. The second-order valence-electron chi connectivity index (χ2n) is 4.46. The van der Waals surface area contributed by atoms with Crippen molar-refractivity contribution in [2.24, 2.45) is 5.92 Å². The number of alkyl halides is 1. The lowest BCUT2D eigenvalue weighted by Gasteiger charge is -2.24. The van der Waals surface area contributed by atoms with Crippen molar-refractivity contribution in [1.29, 1.82) is 0 Å². The summed E-state index contributed by atoms with van der Waals surface area (Å²) >= 11 is 5.88. The fourth-order valence-electron chi connectivity index (χ4n) is 2.23. The number of hydrogen-bond donors (Lipinski definition) is 1. The number of rotatable bonds is 3. The maximum atomic E-state index is 12.4. The van der Waals surface area contributed by atoms with Crippen LogP contribution in [0.2, 0.25) is 0 Å². The van der Waals surface area contributed by atoms with E-state index in [0.29, 0.717) is 24.0 Å². The number of H-pyrrole nitrogens is 1. The van der Waals surface area contributed by atoms with E-state index in [1.54, 1.807) is 6.92 Å². The lowest BCUT2D eigenvalue weighted by atomic mass is 10.1. The van der Waals surface area contributed by atoms with E-state index in [9.17, 15) is 8.42 Å². The second-order valence-corrected chi connectivity index (χ2v) is 6.63. The molecule has 2 rings (SSSR count). The highest BCUT2D eigenvalue weighted by Gasteiger charge is 2.39. The average molecular weight is 278 g/mol. The highest BCUT2D eigenvalue weighted by molar-refractivity contribution is 7.89. The van der Waals surface area contributed by atoms with E-state index in [1.807, 2.05) is 6.92 Å². The van der Waals surface area contributed by atoms with Crippen LogP contribution in [0.3, 0.4) is 0 Å². The molecule has 1 aromatic rings. The largest absolute Gasteiger partial charge is 0.281 e. The van der Waals surface area contributed by atoms with Crippen molar-refractivity contribution >= 4 is 21.6 Å². The standard InChI is InChI=1S/C10H16ClN3O2S/c1-7-3-4-14(9(7)5-11)17(15,16)10-6-12-13-8(10)2/h6-7,9H,3-5H2,1-2H3,(H,12,13). The van der Waals surface area contributed by atoms with Crippen LogP contribution in [0.4, 0.5) is 0 Å². The molecule has 0 amide bonds. The van der Waals surface area contributed by atoms with Gasteiger partial charge in [-0.15, -0.1) is 11.6 Å². The van der Waals surface area contributed by atoms with Crippen molar-refractivity contribution in [3.05, 3.63) is 11.9 Å². The summed E-state index contributed by atoms with van der Waals surface area (Å²) in [6, 6.07) is -0.115. The zero-order chi connectivity index (χ0) is 12.6. The van der Waals surface area contributed by atoms with Crippen molar-refractivity contribution in [2.45, 2.75) is 31.2 Å². The number of aryl methyl sites for hydroxylation is 1. The predicted molar refractivity (Wildman–Crippen MR) is 65.5 cm³/mol. The Labute approximate surface area is 106 Å². The van der Waals surface area contributed by atoms with E-state index >= 15 is 0 Å².